The van der Waals surface area contributed by atoms with Crippen molar-refractivity contribution >= 4 is 22.9 Å². The number of nitrogens with zero attached hydrogens (tertiary/aromatic N) is 1. The Morgan fingerprint density at radius 3 is 2.24 bits per heavy atom. The van der Waals surface area contributed by atoms with Crippen LogP contribution >= 0.6 is 12.2 Å². The number of thiocarbonyl (C=S) groups is 1. The molecule has 2 fully saturated rings. The Kier molecular flexibility index (Phi) is 3.86. The molecule has 1 saturated carbocycles. The predicted molar refractivity (Wildman–Crippen MR) is 84.6 cm³/mol. The molecular weight excluding hydrogens is 290 g/mol. The van der Waals surface area contributed by atoms with Crippen molar-refractivity contribution < 1.29 is 8.78 Å². The Morgan fingerprint density at radius 1 is 1.05 bits per heavy atom. The second-order valence-corrected chi connectivity index (χ2v) is 6.76. The van der Waals surface area contributed by atoms with Crippen LogP contribution < -0.4 is 10.6 Å². The van der Waals surface area contributed by atoms with Gasteiger partial charge in [0, 0.05) is 18.7 Å². The Labute approximate surface area is 129 Å². The van der Waals surface area contributed by atoms with E-state index in [4.69, 9.17) is 18.0 Å². The largest absolute Gasteiger partial charge is 0.389 e. The van der Waals surface area contributed by atoms with Crippen LogP contribution in [0.2, 0.25) is 0 Å². The molecule has 0 bridgehead atoms. The van der Waals surface area contributed by atoms with Gasteiger partial charge in [0.05, 0.1) is 5.69 Å². The number of anilines is 1. The zero-order valence-electron chi connectivity index (χ0n) is 12.0. The van der Waals surface area contributed by atoms with Crippen LogP contribution in [-0.4, -0.2) is 18.1 Å². The number of halogens is 2. The Morgan fingerprint density at radius 2 is 1.67 bits per heavy atom. The molecule has 1 saturated heterocycles. The molecule has 0 unspecified atom stereocenters. The average Bonchev–Trinajstić information content (AvgIpc) is 2.91. The number of hydrogen-bond acceptors (Lipinski definition) is 2. The van der Waals surface area contributed by atoms with Crippen molar-refractivity contribution in [2.24, 2.45) is 11.1 Å². The van der Waals surface area contributed by atoms with Gasteiger partial charge in [-0.25, -0.2) is 8.78 Å². The summed E-state index contributed by atoms with van der Waals surface area (Å²) in [5.41, 5.74) is 6.18. The van der Waals surface area contributed by atoms with Gasteiger partial charge in [0.25, 0.3) is 0 Å². The lowest BCUT2D eigenvalue weighted by molar-refractivity contribution is 0.226. The van der Waals surface area contributed by atoms with Gasteiger partial charge >= 0.3 is 0 Å². The van der Waals surface area contributed by atoms with Gasteiger partial charge in [0.2, 0.25) is 0 Å². The normalized spacial score (nSPS) is 21.0. The molecular formula is C16H20F2N2S. The van der Waals surface area contributed by atoms with Crippen molar-refractivity contribution in [1.29, 1.82) is 0 Å². The van der Waals surface area contributed by atoms with Gasteiger partial charge < -0.3 is 10.6 Å². The Bertz CT molecular complexity index is 558. The number of nitrogens with two attached hydrogens (primary N) is 1. The van der Waals surface area contributed by atoms with Crippen LogP contribution in [0.3, 0.4) is 0 Å². The van der Waals surface area contributed by atoms with Crippen molar-refractivity contribution in [3.8, 4) is 0 Å². The first-order valence-corrected chi connectivity index (χ1v) is 7.96. The summed E-state index contributed by atoms with van der Waals surface area (Å²) >= 11 is 4.73. The molecule has 0 radical (unpaired) electrons. The van der Waals surface area contributed by atoms with Crippen LogP contribution in [0.4, 0.5) is 14.5 Å². The number of benzene rings is 1. The topological polar surface area (TPSA) is 29.3 Å². The number of piperidine rings is 1. The van der Waals surface area contributed by atoms with Crippen LogP contribution in [0.1, 0.15) is 44.1 Å². The van der Waals surface area contributed by atoms with Gasteiger partial charge in [0.15, 0.2) is 11.6 Å². The van der Waals surface area contributed by atoms with Gasteiger partial charge in [-0.3, -0.25) is 0 Å². The van der Waals surface area contributed by atoms with Crippen LogP contribution in [0, 0.1) is 17.0 Å². The average molecular weight is 310 g/mol. The first kappa shape index (κ1) is 14.7. The van der Waals surface area contributed by atoms with Gasteiger partial charge in [-0.15, -0.1) is 0 Å². The summed E-state index contributed by atoms with van der Waals surface area (Å²) in [7, 11) is 0. The van der Waals surface area contributed by atoms with Gasteiger partial charge in [-0.05, 0) is 43.2 Å². The minimum Gasteiger partial charge on any atom is -0.389 e. The molecule has 0 amide bonds. The molecule has 1 aliphatic heterocycles. The zero-order chi connectivity index (χ0) is 15.0. The minimum absolute atomic E-state index is 0.0180. The highest BCUT2D eigenvalue weighted by molar-refractivity contribution is 7.80. The molecule has 21 heavy (non-hydrogen) atoms. The van der Waals surface area contributed by atoms with E-state index in [1.54, 1.807) is 6.07 Å². The first-order valence-electron chi connectivity index (χ1n) is 7.55. The highest BCUT2D eigenvalue weighted by Crippen LogP contribution is 2.46. The molecule has 5 heteroatoms. The quantitative estimate of drug-likeness (QED) is 0.843. The second kappa shape index (κ2) is 5.52. The highest BCUT2D eigenvalue weighted by Gasteiger charge is 2.37. The molecule has 2 N–H and O–H groups in total. The van der Waals surface area contributed by atoms with E-state index in [0.717, 1.165) is 25.9 Å². The summed E-state index contributed by atoms with van der Waals surface area (Å²) in [4.78, 5) is 1.84. The van der Waals surface area contributed by atoms with Crippen LogP contribution in [-0.2, 0) is 0 Å². The minimum atomic E-state index is -0.929. The van der Waals surface area contributed by atoms with Crippen LogP contribution in [0.25, 0.3) is 0 Å². The lowest BCUT2D eigenvalue weighted by Gasteiger charge is -2.40. The van der Waals surface area contributed by atoms with Gasteiger partial charge in [-0.2, -0.15) is 0 Å². The highest BCUT2D eigenvalue weighted by atomic mass is 32.1. The fraction of sp³-hybridized carbons (Fsp3) is 0.562. The predicted octanol–water partition coefficient (Wildman–Crippen LogP) is 3.76. The number of rotatable bonds is 2. The molecule has 2 nitrogen and oxygen atoms in total. The van der Waals surface area contributed by atoms with E-state index in [0.29, 0.717) is 11.1 Å². The van der Waals surface area contributed by atoms with E-state index in [1.165, 1.54) is 31.7 Å². The Hall–Kier alpha value is -1.23. The van der Waals surface area contributed by atoms with Gasteiger partial charge in [0.1, 0.15) is 4.99 Å². The molecule has 1 aliphatic carbocycles. The third kappa shape index (κ3) is 2.63. The van der Waals surface area contributed by atoms with Crippen molar-refractivity contribution in [1.82, 2.24) is 0 Å². The lowest BCUT2D eigenvalue weighted by Crippen LogP contribution is -2.39. The monoisotopic (exact) mass is 310 g/mol. The standard InChI is InChI=1S/C16H20F2N2S/c17-13-11(15(19)21)3-4-12(14(13)18)20-9-7-16(8-10-20)5-1-2-6-16/h3-4H,1-2,5-10H2,(H2,19,21). The second-order valence-electron chi connectivity index (χ2n) is 6.32. The summed E-state index contributed by atoms with van der Waals surface area (Å²) in [6.07, 6.45) is 7.35. The van der Waals surface area contributed by atoms with E-state index < -0.39 is 11.6 Å². The maximum Gasteiger partial charge on any atom is 0.182 e. The molecule has 3 rings (SSSR count). The van der Waals surface area contributed by atoms with E-state index in [2.05, 4.69) is 0 Å². The van der Waals surface area contributed by atoms with Crippen LogP contribution in [0.15, 0.2) is 12.1 Å². The fourth-order valence-electron chi connectivity index (χ4n) is 3.82. The summed E-state index contributed by atoms with van der Waals surface area (Å²) in [5.74, 6) is -1.76. The molecule has 1 aromatic rings. The zero-order valence-corrected chi connectivity index (χ0v) is 12.8. The van der Waals surface area contributed by atoms with E-state index in [9.17, 15) is 8.78 Å². The Balaban J connectivity index is 1.79. The van der Waals surface area contributed by atoms with Crippen LogP contribution in [0.5, 0.6) is 0 Å². The molecule has 1 heterocycles. The number of hydrogen-bond donors (Lipinski definition) is 1. The maximum absolute atomic E-state index is 14.2. The van der Waals surface area contributed by atoms with E-state index in [-0.39, 0.29) is 10.6 Å². The molecule has 1 spiro atoms. The third-order valence-electron chi connectivity index (χ3n) is 5.16. The summed E-state index contributed by atoms with van der Waals surface area (Å²) in [6, 6.07) is 3.08. The van der Waals surface area contributed by atoms with E-state index in [1.807, 2.05) is 4.90 Å². The van der Waals surface area contributed by atoms with Crippen molar-refractivity contribution in [3.05, 3.63) is 29.3 Å². The summed E-state index contributed by atoms with van der Waals surface area (Å²) < 4.78 is 28.2. The van der Waals surface area contributed by atoms with Crippen molar-refractivity contribution in [2.45, 2.75) is 38.5 Å². The molecule has 0 atom stereocenters. The van der Waals surface area contributed by atoms with Crippen molar-refractivity contribution in [3.63, 3.8) is 0 Å². The summed E-state index contributed by atoms with van der Waals surface area (Å²) in [5, 5.41) is 0. The van der Waals surface area contributed by atoms with Crippen molar-refractivity contribution in [2.75, 3.05) is 18.0 Å². The molecule has 1 aromatic carbocycles. The van der Waals surface area contributed by atoms with Gasteiger partial charge in [-0.1, -0.05) is 25.1 Å². The molecule has 2 aliphatic rings. The smallest absolute Gasteiger partial charge is 0.182 e. The molecule has 0 aromatic heterocycles. The van der Waals surface area contributed by atoms with E-state index >= 15 is 0 Å². The fourth-order valence-corrected chi connectivity index (χ4v) is 3.98. The third-order valence-corrected chi connectivity index (χ3v) is 5.38. The summed E-state index contributed by atoms with van der Waals surface area (Å²) in [6.45, 7) is 1.59. The first-order chi connectivity index (χ1) is 10.0. The maximum atomic E-state index is 14.2. The SMILES string of the molecule is NC(=S)c1ccc(N2CCC3(CCCC3)CC2)c(F)c1F. The lowest BCUT2D eigenvalue weighted by atomic mass is 9.77. The molecule has 114 valence electrons.